The molecule has 0 heterocycles. The van der Waals surface area contributed by atoms with Crippen LogP contribution in [0.4, 0.5) is 4.79 Å². The van der Waals surface area contributed by atoms with E-state index in [-0.39, 0.29) is 24.6 Å². The Balaban J connectivity index is 2.09. The van der Waals surface area contributed by atoms with E-state index in [0.717, 1.165) is 11.1 Å². The normalized spacial score (nSPS) is 13.1. The van der Waals surface area contributed by atoms with Gasteiger partial charge < -0.3 is 15.7 Å². The van der Waals surface area contributed by atoms with Crippen molar-refractivity contribution in [1.82, 2.24) is 10.6 Å². The number of aryl methyl sites for hydroxylation is 1. The smallest absolute Gasteiger partial charge is 0.315 e. The molecule has 0 spiro atoms. The van der Waals surface area contributed by atoms with Crippen LogP contribution in [-0.2, 0) is 0 Å². The van der Waals surface area contributed by atoms with E-state index >= 15 is 0 Å². The molecule has 2 amide bonds. The maximum atomic E-state index is 12.3. The quantitative estimate of drug-likeness (QED) is 0.730. The van der Waals surface area contributed by atoms with Gasteiger partial charge in [0.25, 0.3) is 0 Å². The van der Waals surface area contributed by atoms with Crippen molar-refractivity contribution in [2.45, 2.75) is 26.3 Å². The van der Waals surface area contributed by atoms with E-state index in [1.807, 2.05) is 68.4 Å². The number of urea groups is 1. The van der Waals surface area contributed by atoms with Gasteiger partial charge in [-0.3, -0.25) is 0 Å². The van der Waals surface area contributed by atoms with Crippen molar-refractivity contribution in [3.63, 3.8) is 0 Å². The molecule has 2 atom stereocenters. The molecule has 0 bridgehead atoms. The fraction of sp³-hybridized carbons (Fsp3) is 0.350. The van der Waals surface area contributed by atoms with Crippen LogP contribution in [0.1, 0.15) is 36.1 Å². The van der Waals surface area contributed by atoms with Crippen molar-refractivity contribution in [3.8, 4) is 0 Å². The van der Waals surface area contributed by atoms with E-state index in [1.54, 1.807) is 0 Å². The summed E-state index contributed by atoms with van der Waals surface area (Å²) in [7, 11) is 0. The number of hydrogen-bond donors (Lipinski definition) is 3. The van der Waals surface area contributed by atoms with Crippen molar-refractivity contribution in [2.24, 2.45) is 5.92 Å². The minimum absolute atomic E-state index is 0.139. The molecule has 0 aliphatic carbocycles. The number of aliphatic hydroxyl groups excluding tert-OH is 1. The summed E-state index contributed by atoms with van der Waals surface area (Å²) < 4.78 is 0. The molecule has 0 fully saturated rings. The van der Waals surface area contributed by atoms with Gasteiger partial charge >= 0.3 is 6.03 Å². The zero-order valence-corrected chi connectivity index (χ0v) is 14.3. The van der Waals surface area contributed by atoms with E-state index < -0.39 is 0 Å². The Bertz CT molecular complexity index is 626. The second-order valence-corrected chi connectivity index (χ2v) is 6.23. The van der Waals surface area contributed by atoms with E-state index in [2.05, 4.69) is 10.6 Å². The molecule has 0 saturated carbocycles. The summed E-state index contributed by atoms with van der Waals surface area (Å²) in [5.41, 5.74) is 3.28. The molecular weight excluding hydrogens is 300 g/mol. The van der Waals surface area contributed by atoms with Gasteiger partial charge in [-0.15, -0.1) is 0 Å². The molecule has 24 heavy (non-hydrogen) atoms. The first-order valence-electron chi connectivity index (χ1n) is 8.37. The Morgan fingerprint density at radius 2 is 1.67 bits per heavy atom. The topological polar surface area (TPSA) is 61.4 Å². The number of carbonyl (C=O) groups excluding carboxylic acids is 1. The van der Waals surface area contributed by atoms with Crippen LogP contribution in [0.25, 0.3) is 0 Å². The van der Waals surface area contributed by atoms with Gasteiger partial charge in [0.15, 0.2) is 0 Å². The van der Waals surface area contributed by atoms with Crippen LogP contribution in [0.2, 0.25) is 0 Å². The molecule has 2 rings (SSSR count). The molecule has 4 nitrogen and oxygen atoms in total. The lowest BCUT2D eigenvalue weighted by molar-refractivity contribution is 0.232. The van der Waals surface area contributed by atoms with Gasteiger partial charge in [0.1, 0.15) is 0 Å². The number of rotatable bonds is 7. The summed E-state index contributed by atoms with van der Waals surface area (Å²) in [5.74, 6) is 0.246. The number of carbonyl (C=O) groups is 1. The van der Waals surface area contributed by atoms with Crippen molar-refractivity contribution in [1.29, 1.82) is 0 Å². The van der Waals surface area contributed by atoms with Gasteiger partial charge in [-0.2, -0.15) is 0 Å². The number of hydrogen-bond acceptors (Lipinski definition) is 2. The molecule has 0 aliphatic rings. The minimum Gasteiger partial charge on any atom is -0.396 e. The molecule has 0 aliphatic heterocycles. The summed E-state index contributed by atoms with van der Waals surface area (Å²) >= 11 is 0. The van der Waals surface area contributed by atoms with Crippen molar-refractivity contribution in [2.75, 3.05) is 13.2 Å². The SMILES string of the molecule is Cc1ccc(C(NC(=O)NCC(C)CCO)c2ccccc2)cc1. The van der Waals surface area contributed by atoms with Gasteiger partial charge in [0.05, 0.1) is 6.04 Å². The highest BCUT2D eigenvalue weighted by Gasteiger charge is 2.16. The minimum atomic E-state index is -0.200. The maximum Gasteiger partial charge on any atom is 0.315 e. The second kappa shape index (κ2) is 9.08. The van der Waals surface area contributed by atoms with E-state index in [1.165, 1.54) is 5.56 Å². The van der Waals surface area contributed by atoms with Crippen LogP contribution < -0.4 is 10.6 Å². The first kappa shape index (κ1) is 18.0. The maximum absolute atomic E-state index is 12.3. The second-order valence-electron chi connectivity index (χ2n) is 6.23. The van der Waals surface area contributed by atoms with Gasteiger partial charge in [0, 0.05) is 13.2 Å². The molecule has 0 saturated heterocycles. The lowest BCUT2D eigenvalue weighted by atomic mass is 9.98. The highest BCUT2D eigenvalue weighted by atomic mass is 16.3. The largest absolute Gasteiger partial charge is 0.396 e. The van der Waals surface area contributed by atoms with Crippen molar-refractivity contribution >= 4 is 6.03 Å². The van der Waals surface area contributed by atoms with Gasteiger partial charge in [-0.1, -0.05) is 67.1 Å². The molecule has 3 N–H and O–H groups in total. The lowest BCUT2D eigenvalue weighted by Gasteiger charge is -2.21. The predicted molar refractivity (Wildman–Crippen MR) is 96.9 cm³/mol. The molecule has 0 radical (unpaired) electrons. The fourth-order valence-corrected chi connectivity index (χ4v) is 2.54. The molecule has 128 valence electrons. The molecule has 2 aromatic rings. The average Bonchev–Trinajstić information content (AvgIpc) is 2.60. The lowest BCUT2D eigenvalue weighted by Crippen LogP contribution is -2.40. The first-order chi connectivity index (χ1) is 11.6. The van der Waals surface area contributed by atoms with Crippen molar-refractivity contribution in [3.05, 3.63) is 71.3 Å². The van der Waals surface area contributed by atoms with E-state index in [4.69, 9.17) is 5.11 Å². The first-order valence-corrected chi connectivity index (χ1v) is 8.37. The summed E-state index contributed by atoms with van der Waals surface area (Å²) in [6.07, 6.45) is 0.681. The third kappa shape index (κ3) is 5.39. The molecule has 0 aromatic heterocycles. The summed E-state index contributed by atoms with van der Waals surface area (Å²) in [4.78, 5) is 12.3. The van der Waals surface area contributed by atoms with E-state index in [9.17, 15) is 4.79 Å². The Kier molecular flexibility index (Phi) is 6.82. The van der Waals surface area contributed by atoms with Crippen LogP contribution in [0.5, 0.6) is 0 Å². The zero-order chi connectivity index (χ0) is 17.4. The number of amides is 2. The molecule has 2 unspecified atom stereocenters. The summed E-state index contributed by atoms with van der Waals surface area (Å²) in [6.45, 7) is 4.73. The fourth-order valence-electron chi connectivity index (χ4n) is 2.54. The third-order valence-corrected chi connectivity index (χ3v) is 4.05. The van der Waals surface area contributed by atoms with Crippen LogP contribution in [-0.4, -0.2) is 24.3 Å². The number of aliphatic hydroxyl groups is 1. The number of nitrogens with one attached hydrogen (secondary N) is 2. The van der Waals surface area contributed by atoms with Gasteiger partial charge in [-0.25, -0.2) is 4.79 Å². The molecular formula is C20H26N2O2. The highest BCUT2D eigenvalue weighted by molar-refractivity contribution is 5.75. The van der Waals surface area contributed by atoms with E-state index in [0.29, 0.717) is 13.0 Å². The van der Waals surface area contributed by atoms with Crippen LogP contribution >= 0.6 is 0 Å². The highest BCUT2D eigenvalue weighted by Crippen LogP contribution is 2.22. The predicted octanol–water partition coefficient (Wildman–Crippen LogP) is 3.40. The summed E-state index contributed by atoms with van der Waals surface area (Å²) in [6, 6.07) is 17.7. The van der Waals surface area contributed by atoms with Crippen molar-refractivity contribution < 1.29 is 9.90 Å². The number of benzene rings is 2. The zero-order valence-electron chi connectivity index (χ0n) is 14.3. The van der Waals surface area contributed by atoms with Crippen LogP contribution in [0.3, 0.4) is 0 Å². The van der Waals surface area contributed by atoms with Gasteiger partial charge in [-0.05, 0) is 30.4 Å². The summed E-state index contributed by atoms with van der Waals surface area (Å²) in [5, 5.41) is 14.9. The average molecular weight is 326 g/mol. The van der Waals surface area contributed by atoms with Gasteiger partial charge in [0.2, 0.25) is 0 Å². The Morgan fingerprint density at radius 1 is 1.04 bits per heavy atom. The molecule has 4 heteroatoms. The Labute approximate surface area is 143 Å². The Morgan fingerprint density at radius 3 is 2.29 bits per heavy atom. The Hall–Kier alpha value is -2.33. The van der Waals surface area contributed by atoms with Crippen LogP contribution in [0.15, 0.2) is 54.6 Å². The monoisotopic (exact) mass is 326 g/mol. The third-order valence-electron chi connectivity index (χ3n) is 4.05. The van der Waals surface area contributed by atoms with Crippen LogP contribution in [0, 0.1) is 12.8 Å². The molecule has 2 aromatic carbocycles. The standard InChI is InChI=1S/C20H26N2O2/c1-15-8-10-18(11-9-15)19(17-6-4-3-5-7-17)22-20(24)21-14-16(2)12-13-23/h3-11,16,19,23H,12-14H2,1-2H3,(H2,21,22,24).